The number of halogens is 1. The minimum atomic E-state index is 0.114. The molecule has 0 aliphatic carbocycles. The van der Waals surface area contributed by atoms with Crippen LogP contribution in [-0.2, 0) is 18.4 Å². The molecule has 0 atom stereocenters. The Balaban J connectivity index is 2.14. The smallest absolute Gasteiger partial charge is 0.0972 e. The molecular weight excluding hydrogens is 288 g/mol. The topological polar surface area (TPSA) is 24.9 Å². The van der Waals surface area contributed by atoms with Gasteiger partial charge in [0.2, 0.25) is 0 Å². The van der Waals surface area contributed by atoms with Crippen molar-refractivity contribution < 1.29 is 0 Å². The maximum Gasteiger partial charge on any atom is 0.0972 e. The third-order valence-corrected chi connectivity index (χ3v) is 4.36. The fourth-order valence-corrected chi connectivity index (χ4v) is 3.27. The lowest BCUT2D eigenvalue weighted by molar-refractivity contribution is 0.571. The van der Waals surface area contributed by atoms with Crippen LogP contribution in [0.4, 0.5) is 0 Å². The van der Waals surface area contributed by atoms with Gasteiger partial charge in [0, 0.05) is 28.8 Å². The molecule has 2 nitrogen and oxygen atoms in total. The normalized spacial score (nSPS) is 11.8. The van der Waals surface area contributed by atoms with Crippen molar-refractivity contribution in [1.82, 2.24) is 10.3 Å². The van der Waals surface area contributed by atoms with Crippen LogP contribution in [0.25, 0.3) is 0 Å². The lowest BCUT2D eigenvalue weighted by Gasteiger charge is -2.14. The van der Waals surface area contributed by atoms with Crippen molar-refractivity contribution in [2.75, 3.05) is 7.05 Å². The predicted octanol–water partition coefficient (Wildman–Crippen LogP) is 4.40. The van der Waals surface area contributed by atoms with Gasteiger partial charge in [-0.15, -0.1) is 11.3 Å². The van der Waals surface area contributed by atoms with E-state index in [0.717, 1.165) is 34.3 Å². The lowest BCUT2D eigenvalue weighted by Crippen LogP contribution is -2.11. The summed E-state index contributed by atoms with van der Waals surface area (Å²) in [5.74, 6) is 0. The van der Waals surface area contributed by atoms with Crippen LogP contribution in [0.2, 0.25) is 5.02 Å². The van der Waals surface area contributed by atoms with Crippen LogP contribution in [0.1, 0.15) is 42.6 Å². The van der Waals surface area contributed by atoms with Crippen LogP contribution < -0.4 is 5.32 Å². The first kappa shape index (κ1) is 15.5. The van der Waals surface area contributed by atoms with Crippen molar-refractivity contribution >= 4 is 22.9 Å². The Bertz CT molecular complexity index is 584. The lowest BCUT2D eigenvalue weighted by atomic mass is 9.93. The highest BCUT2D eigenvalue weighted by Gasteiger charge is 2.17. The zero-order chi connectivity index (χ0) is 14.8. The van der Waals surface area contributed by atoms with Gasteiger partial charge in [-0.25, -0.2) is 4.98 Å². The van der Waals surface area contributed by atoms with Crippen LogP contribution in [0.3, 0.4) is 0 Å². The van der Waals surface area contributed by atoms with Gasteiger partial charge in [-0.05, 0) is 24.2 Å². The Morgan fingerprint density at radius 1 is 1.30 bits per heavy atom. The van der Waals surface area contributed by atoms with Crippen molar-refractivity contribution in [3.05, 3.63) is 50.4 Å². The summed E-state index contributed by atoms with van der Waals surface area (Å²) in [6, 6.07) is 6.27. The van der Waals surface area contributed by atoms with Crippen LogP contribution in [0, 0.1) is 0 Å². The number of benzene rings is 1. The molecule has 0 saturated carbocycles. The van der Waals surface area contributed by atoms with Crippen molar-refractivity contribution in [2.24, 2.45) is 0 Å². The third-order valence-electron chi connectivity index (χ3n) is 3.16. The van der Waals surface area contributed by atoms with Crippen molar-refractivity contribution in [2.45, 2.75) is 39.2 Å². The largest absolute Gasteiger partial charge is 0.316 e. The summed E-state index contributed by atoms with van der Waals surface area (Å²) >= 11 is 8.02. The molecule has 4 heteroatoms. The summed E-state index contributed by atoms with van der Waals surface area (Å²) < 4.78 is 0. The molecule has 1 aromatic carbocycles. The zero-order valence-corrected chi connectivity index (χ0v) is 14.0. The molecule has 0 bridgehead atoms. The van der Waals surface area contributed by atoms with E-state index >= 15 is 0 Å². The molecule has 108 valence electrons. The van der Waals surface area contributed by atoms with Gasteiger partial charge in [0.15, 0.2) is 0 Å². The molecule has 0 radical (unpaired) electrons. The third kappa shape index (κ3) is 3.81. The highest BCUT2D eigenvalue weighted by molar-refractivity contribution is 7.09. The summed E-state index contributed by atoms with van der Waals surface area (Å²) in [4.78, 5) is 4.73. The second-order valence-corrected chi connectivity index (χ2v) is 7.36. The molecule has 1 aromatic heterocycles. The summed E-state index contributed by atoms with van der Waals surface area (Å²) in [6.45, 7) is 7.37. The first-order chi connectivity index (χ1) is 9.40. The molecule has 0 fully saturated rings. The molecule has 0 saturated heterocycles. The first-order valence-corrected chi connectivity index (χ1v) is 8.02. The zero-order valence-electron chi connectivity index (χ0n) is 12.5. The molecule has 1 heterocycles. The minimum Gasteiger partial charge on any atom is -0.316 e. The Morgan fingerprint density at radius 2 is 2.05 bits per heavy atom. The van der Waals surface area contributed by atoms with E-state index in [1.54, 1.807) is 11.3 Å². The van der Waals surface area contributed by atoms with Crippen LogP contribution in [0.5, 0.6) is 0 Å². The molecular formula is C16H21ClN2S. The Kier molecular flexibility index (Phi) is 4.84. The average Bonchev–Trinajstić information content (AvgIpc) is 2.81. The Labute approximate surface area is 130 Å². The number of aromatic nitrogens is 1. The first-order valence-electron chi connectivity index (χ1n) is 6.77. The van der Waals surface area contributed by atoms with Gasteiger partial charge in [0.25, 0.3) is 0 Å². The van der Waals surface area contributed by atoms with Crippen LogP contribution >= 0.6 is 22.9 Å². The van der Waals surface area contributed by atoms with Gasteiger partial charge in [-0.3, -0.25) is 0 Å². The van der Waals surface area contributed by atoms with E-state index in [0.29, 0.717) is 0 Å². The SMILES string of the molecule is CNCc1ccc(Cc2nc(C(C)(C)C)cs2)cc1Cl. The molecule has 1 N–H and O–H groups in total. The minimum absolute atomic E-state index is 0.114. The van der Waals surface area contributed by atoms with E-state index in [-0.39, 0.29) is 5.41 Å². The van der Waals surface area contributed by atoms with Crippen molar-refractivity contribution in [3.8, 4) is 0 Å². The number of thiazole rings is 1. The Hall–Kier alpha value is -0.900. The van der Waals surface area contributed by atoms with E-state index in [2.05, 4.69) is 43.6 Å². The number of nitrogens with one attached hydrogen (secondary N) is 1. The Morgan fingerprint density at radius 3 is 2.60 bits per heavy atom. The van der Waals surface area contributed by atoms with E-state index < -0.39 is 0 Å². The van der Waals surface area contributed by atoms with E-state index in [1.807, 2.05) is 13.1 Å². The molecule has 0 amide bonds. The standard InChI is InChI=1S/C16H21ClN2S/c1-16(2,3)14-10-20-15(19-14)8-11-5-6-12(9-18-4)13(17)7-11/h5-7,10,18H,8-9H2,1-4H3. The number of nitrogens with zero attached hydrogens (tertiary/aromatic N) is 1. The molecule has 2 rings (SSSR count). The molecule has 0 spiro atoms. The van der Waals surface area contributed by atoms with Crippen molar-refractivity contribution in [1.29, 1.82) is 0 Å². The van der Waals surface area contributed by atoms with Gasteiger partial charge in [0.05, 0.1) is 10.7 Å². The van der Waals surface area contributed by atoms with Gasteiger partial charge < -0.3 is 5.32 Å². The number of hydrogen-bond donors (Lipinski definition) is 1. The summed E-state index contributed by atoms with van der Waals surface area (Å²) in [6.07, 6.45) is 0.848. The van der Waals surface area contributed by atoms with Gasteiger partial charge in [-0.1, -0.05) is 44.5 Å². The maximum atomic E-state index is 6.30. The van der Waals surface area contributed by atoms with Crippen LogP contribution in [-0.4, -0.2) is 12.0 Å². The summed E-state index contributed by atoms with van der Waals surface area (Å²) in [5, 5.41) is 7.25. The molecule has 20 heavy (non-hydrogen) atoms. The maximum absolute atomic E-state index is 6.30. The predicted molar refractivity (Wildman–Crippen MR) is 87.8 cm³/mol. The fourth-order valence-electron chi connectivity index (χ4n) is 1.95. The number of rotatable bonds is 4. The second kappa shape index (κ2) is 6.25. The van der Waals surface area contributed by atoms with Gasteiger partial charge in [0.1, 0.15) is 0 Å². The van der Waals surface area contributed by atoms with Gasteiger partial charge >= 0.3 is 0 Å². The molecule has 2 aromatic rings. The van der Waals surface area contributed by atoms with Gasteiger partial charge in [-0.2, -0.15) is 0 Å². The van der Waals surface area contributed by atoms with Crippen LogP contribution in [0.15, 0.2) is 23.6 Å². The second-order valence-electron chi connectivity index (χ2n) is 6.01. The highest BCUT2D eigenvalue weighted by atomic mass is 35.5. The van der Waals surface area contributed by atoms with E-state index in [4.69, 9.17) is 16.6 Å². The molecule has 0 aliphatic heterocycles. The number of hydrogen-bond acceptors (Lipinski definition) is 3. The van der Waals surface area contributed by atoms with Crippen molar-refractivity contribution in [3.63, 3.8) is 0 Å². The average molecular weight is 309 g/mol. The van der Waals surface area contributed by atoms with E-state index in [9.17, 15) is 0 Å². The molecule has 0 unspecified atom stereocenters. The summed E-state index contributed by atoms with van der Waals surface area (Å²) in [5.41, 5.74) is 3.62. The monoisotopic (exact) mass is 308 g/mol. The summed E-state index contributed by atoms with van der Waals surface area (Å²) in [7, 11) is 1.92. The fraction of sp³-hybridized carbons (Fsp3) is 0.438. The molecule has 0 aliphatic rings. The highest BCUT2D eigenvalue weighted by Crippen LogP contribution is 2.26. The quantitative estimate of drug-likeness (QED) is 0.905. The van der Waals surface area contributed by atoms with E-state index in [1.165, 1.54) is 5.56 Å².